The summed E-state index contributed by atoms with van der Waals surface area (Å²) in [5.41, 5.74) is 1.31. The van der Waals surface area contributed by atoms with Crippen molar-refractivity contribution in [1.82, 2.24) is 10.1 Å². The molecule has 0 N–H and O–H groups in total. The number of nitrogens with zero attached hydrogens (tertiary/aromatic N) is 2. The second-order valence-corrected chi connectivity index (χ2v) is 5.34. The molecule has 1 heterocycles. The Labute approximate surface area is 112 Å². The summed E-state index contributed by atoms with van der Waals surface area (Å²) in [5.74, 6) is 3.24. The van der Waals surface area contributed by atoms with Gasteiger partial charge in [-0.1, -0.05) is 31.1 Å². The first-order valence-corrected chi connectivity index (χ1v) is 6.77. The molecule has 0 spiro atoms. The highest BCUT2D eigenvalue weighted by Gasteiger charge is 2.29. The van der Waals surface area contributed by atoms with E-state index in [1.807, 2.05) is 12.1 Å². The van der Waals surface area contributed by atoms with Crippen molar-refractivity contribution in [2.24, 2.45) is 0 Å². The quantitative estimate of drug-likeness (QED) is 0.821. The van der Waals surface area contributed by atoms with Crippen LogP contribution in [0.4, 0.5) is 0 Å². The van der Waals surface area contributed by atoms with E-state index < -0.39 is 0 Å². The third kappa shape index (κ3) is 2.95. The number of ether oxygens (including phenoxy) is 1. The smallest absolute Gasteiger partial charge is 0.229 e. The van der Waals surface area contributed by atoms with Crippen LogP contribution < -0.4 is 4.74 Å². The Balaban J connectivity index is 1.58. The fourth-order valence-electron chi connectivity index (χ4n) is 1.92. The van der Waals surface area contributed by atoms with Gasteiger partial charge >= 0.3 is 0 Å². The zero-order valence-corrected chi connectivity index (χ0v) is 11.3. The molecular formula is C15H18N2O2. The van der Waals surface area contributed by atoms with Crippen molar-refractivity contribution in [3.63, 3.8) is 0 Å². The monoisotopic (exact) mass is 258 g/mol. The first kappa shape index (κ1) is 12.2. The summed E-state index contributed by atoms with van der Waals surface area (Å²) < 4.78 is 10.8. The van der Waals surface area contributed by atoms with Gasteiger partial charge in [-0.2, -0.15) is 4.98 Å². The van der Waals surface area contributed by atoms with Crippen molar-refractivity contribution in [1.29, 1.82) is 0 Å². The van der Waals surface area contributed by atoms with Crippen LogP contribution in [0.15, 0.2) is 28.8 Å². The van der Waals surface area contributed by atoms with E-state index in [9.17, 15) is 0 Å². The minimum absolute atomic E-state index is 0.358. The molecule has 4 nitrogen and oxygen atoms in total. The second kappa shape index (κ2) is 5.03. The van der Waals surface area contributed by atoms with Crippen molar-refractivity contribution in [2.45, 2.75) is 45.1 Å². The van der Waals surface area contributed by atoms with E-state index in [1.165, 1.54) is 18.4 Å². The molecular weight excluding hydrogens is 240 g/mol. The highest BCUT2D eigenvalue weighted by atomic mass is 16.5. The van der Waals surface area contributed by atoms with E-state index in [2.05, 4.69) is 36.1 Å². The highest BCUT2D eigenvalue weighted by molar-refractivity contribution is 5.28. The van der Waals surface area contributed by atoms with Gasteiger partial charge in [0, 0.05) is 5.92 Å². The number of aromatic nitrogens is 2. The van der Waals surface area contributed by atoms with Crippen molar-refractivity contribution >= 4 is 0 Å². The lowest BCUT2D eigenvalue weighted by Gasteiger charge is -2.07. The summed E-state index contributed by atoms with van der Waals surface area (Å²) in [6, 6.07) is 8.14. The third-order valence-corrected chi connectivity index (χ3v) is 3.33. The van der Waals surface area contributed by atoms with Gasteiger partial charge in [0.25, 0.3) is 0 Å². The lowest BCUT2D eigenvalue weighted by atomic mass is 10.0. The van der Waals surface area contributed by atoms with Gasteiger partial charge in [0.05, 0.1) is 0 Å². The fraction of sp³-hybridized carbons (Fsp3) is 0.467. The molecule has 0 amide bonds. The van der Waals surface area contributed by atoms with Crippen molar-refractivity contribution < 1.29 is 9.26 Å². The van der Waals surface area contributed by atoms with Gasteiger partial charge in [0.1, 0.15) is 5.75 Å². The van der Waals surface area contributed by atoms with Crippen molar-refractivity contribution in [3.05, 3.63) is 41.5 Å². The van der Waals surface area contributed by atoms with E-state index in [0.717, 1.165) is 11.6 Å². The molecule has 4 heteroatoms. The molecule has 0 unspecified atom stereocenters. The van der Waals surface area contributed by atoms with Crippen LogP contribution >= 0.6 is 0 Å². The number of hydrogen-bond acceptors (Lipinski definition) is 4. The number of hydrogen-bond donors (Lipinski definition) is 0. The lowest BCUT2D eigenvalue weighted by Crippen LogP contribution is -1.98. The van der Waals surface area contributed by atoms with Gasteiger partial charge in [-0.25, -0.2) is 0 Å². The molecule has 3 rings (SSSR count). The maximum absolute atomic E-state index is 5.66. The van der Waals surface area contributed by atoms with Crippen LogP contribution in [0.25, 0.3) is 0 Å². The molecule has 1 fully saturated rings. The predicted molar refractivity (Wildman–Crippen MR) is 71.1 cm³/mol. The molecule has 1 saturated carbocycles. The SMILES string of the molecule is CC(C)c1ccc(OCc2noc(C3CC3)n2)cc1. The van der Waals surface area contributed by atoms with Crippen LogP contribution in [-0.2, 0) is 6.61 Å². The number of benzene rings is 1. The van der Waals surface area contributed by atoms with Gasteiger partial charge in [-0.3, -0.25) is 0 Å². The van der Waals surface area contributed by atoms with Crippen molar-refractivity contribution in [3.8, 4) is 5.75 Å². The Morgan fingerprint density at radius 2 is 2.00 bits per heavy atom. The van der Waals surface area contributed by atoms with Crippen molar-refractivity contribution in [2.75, 3.05) is 0 Å². The summed E-state index contributed by atoms with van der Waals surface area (Å²) in [6.07, 6.45) is 2.33. The van der Waals surface area contributed by atoms with E-state index >= 15 is 0 Å². The van der Waals surface area contributed by atoms with E-state index in [1.54, 1.807) is 0 Å². The van der Waals surface area contributed by atoms with Gasteiger partial charge in [-0.15, -0.1) is 0 Å². The topological polar surface area (TPSA) is 48.2 Å². The number of rotatable bonds is 5. The summed E-state index contributed by atoms with van der Waals surface area (Å²) in [6.45, 7) is 4.71. The Morgan fingerprint density at radius 1 is 1.26 bits per heavy atom. The van der Waals surface area contributed by atoms with Gasteiger partial charge in [-0.05, 0) is 36.5 Å². The first-order valence-electron chi connectivity index (χ1n) is 6.77. The lowest BCUT2D eigenvalue weighted by molar-refractivity contribution is 0.285. The van der Waals surface area contributed by atoms with E-state index in [0.29, 0.717) is 24.3 Å². The van der Waals surface area contributed by atoms with Gasteiger partial charge in [0.2, 0.25) is 11.7 Å². The van der Waals surface area contributed by atoms with Crippen LogP contribution in [0.1, 0.15) is 55.8 Å². The maximum Gasteiger partial charge on any atom is 0.229 e. The zero-order valence-electron chi connectivity index (χ0n) is 11.3. The van der Waals surface area contributed by atoms with E-state index in [-0.39, 0.29) is 0 Å². The van der Waals surface area contributed by atoms with Crippen LogP contribution in [0.5, 0.6) is 5.75 Å². The Hall–Kier alpha value is -1.84. The van der Waals surface area contributed by atoms with Crippen LogP contribution in [-0.4, -0.2) is 10.1 Å². The average Bonchev–Trinajstić information content (AvgIpc) is 3.16. The van der Waals surface area contributed by atoms with Gasteiger partial charge < -0.3 is 9.26 Å². The molecule has 100 valence electrons. The summed E-state index contributed by atoms with van der Waals surface area (Å²) in [5, 5.41) is 3.93. The maximum atomic E-state index is 5.66. The van der Waals surface area contributed by atoms with Crippen LogP contribution in [0, 0.1) is 0 Å². The summed E-state index contributed by atoms with van der Waals surface area (Å²) >= 11 is 0. The molecule has 0 aliphatic heterocycles. The average molecular weight is 258 g/mol. The minimum atomic E-state index is 0.358. The van der Waals surface area contributed by atoms with E-state index in [4.69, 9.17) is 9.26 Å². The predicted octanol–water partition coefficient (Wildman–Crippen LogP) is 3.65. The second-order valence-electron chi connectivity index (χ2n) is 5.34. The highest BCUT2D eigenvalue weighted by Crippen LogP contribution is 2.38. The molecule has 0 atom stereocenters. The molecule has 1 aliphatic carbocycles. The van der Waals surface area contributed by atoms with Gasteiger partial charge in [0.15, 0.2) is 6.61 Å². The molecule has 19 heavy (non-hydrogen) atoms. The minimum Gasteiger partial charge on any atom is -0.485 e. The summed E-state index contributed by atoms with van der Waals surface area (Å²) in [7, 11) is 0. The molecule has 1 aromatic heterocycles. The summed E-state index contributed by atoms with van der Waals surface area (Å²) in [4.78, 5) is 4.33. The Morgan fingerprint density at radius 3 is 2.63 bits per heavy atom. The molecule has 1 aromatic carbocycles. The fourth-order valence-corrected chi connectivity index (χ4v) is 1.92. The molecule has 0 bridgehead atoms. The Bertz CT molecular complexity index is 542. The third-order valence-electron chi connectivity index (χ3n) is 3.33. The van der Waals surface area contributed by atoms with Crippen LogP contribution in [0.2, 0.25) is 0 Å². The van der Waals surface area contributed by atoms with Crippen LogP contribution in [0.3, 0.4) is 0 Å². The largest absolute Gasteiger partial charge is 0.485 e. The molecule has 0 saturated heterocycles. The zero-order chi connectivity index (χ0) is 13.2. The standard InChI is InChI=1S/C15H18N2O2/c1-10(2)11-5-7-13(8-6-11)18-9-14-16-15(19-17-14)12-3-4-12/h5-8,10,12H,3-4,9H2,1-2H3. The molecule has 1 aliphatic rings. The first-order chi connectivity index (χ1) is 9.22. The molecule has 2 aromatic rings. The molecule has 0 radical (unpaired) electrons. The Kier molecular flexibility index (Phi) is 3.23. The normalized spacial score (nSPS) is 14.9.